The molecule has 0 unspecified atom stereocenters. The molecule has 2 aromatic carbocycles. The van der Waals surface area contributed by atoms with Crippen LogP contribution in [0, 0.1) is 15.9 Å². The highest BCUT2D eigenvalue weighted by molar-refractivity contribution is 6.31. The number of carbonyl (C=O) groups excluding carboxylic acids is 1. The van der Waals surface area contributed by atoms with E-state index in [1.165, 1.54) is 52.3 Å². The van der Waals surface area contributed by atoms with Gasteiger partial charge in [0.1, 0.15) is 11.5 Å². The Balaban J connectivity index is 1.68. The van der Waals surface area contributed by atoms with Gasteiger partial charge in [0, 0.05) is 40.7 Å². The molecule has 1 fully saturated rings. The third-order valence-electron chi connectivity index (χ3n) is 4.84. The molecule has 4 rings (SSSR count). The van der Waals surface area contributed by atoms with Gasteiger partial charge >= 0.3 is 0 Å². The zero-order chi connectivity index (χ0) is 20.5. The smallest absolute Gasteiger partial charge is 0.294 e. The van der Waals surface area contributed by atoms with Crippen LogP contribution >= 0.6 is 11.6 Å². The van der Waals surface area contributed by atoms with E-state index in [-0.39, 0.29) is 34.4 Å². The van der Waals surface area contributed by atoms with Crippen LogP contribution < -0.4 is 0 Å². The summed E-state index contributed by atoms with van der Waals surface area (Å²) >= 11 is 6.12. The van der Waals surface area contributed by atoms with Gasteiger partial charge in [-0.05, 0) is 37.1 Å². The number of rotatable bonds is 6. The number of nitro groups is 1. The number of halogens is 2. The standard InChI is InChI=1S/C20H16ClFN4O3/c21-16-2-1-3-17(22)15(16)11-25(14-5-6-14)20(27)13-4-7-18(19(10-13)26(28)29)24-9-8-23-12-24/h1-4,7-10,12,14H,5-6,11H2. The third kappa shape index (κ3) is 3.84. The van der Waals surface area contributed by atoms with Crippen LogP contribution in [-0.4, -0.2) is 31.3 Å². The zero-order valence-corrected chi connectivity index (χ0v) is 15.9. The minimum absolute atomic E-state index is 0.00603. The summed E-state index contributed by atoms with van der Waals surface area (Å²) < 4.78 is 15.7. The van der Waals surface area contributed by atoms with Crippen LogP contribution in [0.2, 0.25) is 5.02 Å². The molecular weight excluding hydrogens is 399 g/mol. The largest absolute Gasteiger partial charge is 0.331 e. The van der Waals surface area contributed by atoms with Gasteiger partial charge in [0.2, 0.25) is 0 Å². The fourth-order valence-electron chi connectivity index (χ4n) is 3.20. The highest BCUT2D eigenvalue weighted by Gasteiger charge is 2.34. The predicted octanol–water partition coefficient (Wildman–Crippen LogP) is 4.38. The quantitative estimate of drug-likeness (QED) is 0.443. The second-order valence-corrected chi connectivity index (χ2v) is 7.20. The van der Waals surface area contributed by atoms with Gasteiger partial charge in [-0.3, -0.25) is 14.9 Å². The molecule has 0 saturated heterocycles. The van der Waals surface area contributed by atoms with Crippen molar-refractivity contribution in [2.45, 2.75) is 25.4 Å². The average molecular weight is 415 g/mol. The van der Waals surface area contributed by atoms with Crippen LogP contribution in [0.25, 0.3) is 5.69 Å². The molecule has 29 heavy (non-hydrogen) atoms. The normalized spacial score (nSPS) is 13.3. The Morgan fingerprint density at radius 2 is 2.14 bits per heavy atom. The number of carbonyl (C=O) groups is 1. The summed E-state index contributed by atoms with van der Waals surface area (Å²) in [6.07, 6.45) is 6.14. The van der Waals surface area contributed by atoms with E-state index in [2.05, 4.69) is 4.98 Å². The molecule has 1 aliphatic carbocycles. The number of hydrogen-bond acceptors (Lipinski definition) is 4. The first-order valence-corrected chi connectivity index (χ1v) is 9.34. The maximum absolute atomic E-state index is 14.2. The molecule has 0 radical (unpaired) electrons. The van der Waals surface area contributed by atoms with Gasteiger partial charge in [-0.1, -0.05) is 17.7 Å². The highest BCUT2D eigenvalue weighted by atomic mass is 35.5. The molecule has 1 aliphatic rings. The number of aromatic nitrogens is 2. The van der Waals surface area contributed by atoms with Crippen molar-refractivity contribution < 1.29 is 14.1 Å². The predicted molar refractivity (Wildman–Crippen MR) is 105 cm³/mol. The Kier molecular flexibility index (Phi) is 5.02. The number of nitro benzene ring substituents is 1. The number of amides is 1. The topological polar surface area (TPSA) is 81.3 Å². The molecule has 1 amide bonds. The Hall–Kier alpha value is -3.26. The number of imidazole rings is 1. The lowest BCUT2D eigenvalue weighted by Gasteiger charge is -2.23. The lowest BCUT2D eigenvalue weighted by atomic mass is 10.1. The Morgan fingerprint density at radius 3 is 2.76 bits per heavy atom. The Labute approximate surface area is 170 Å². The Morgan fingerprint density at radius 1 is 1.34 bits per heavy atom. The van der Waals surface area contributed by atoms with E-state index in [1.807, 2.05) is 0 Å². The molecule has 0 aliphatic heterocycles. The first-order valence-electron chi connectivity index (χ1n) is 8.96. The van der Waals surface area contributed by atoms with Crippen LogP contribution in [-0.2, 0) is 6.54 Å². The maximum atomic E-state index is 14.2. The monoisotopic (exact) mass is 414 g/mol. The van der Waals surface area contributed by atoms with E-state index in [9.17, 15) is 19.3 Å². The average Bonchev–Trinajstić information content (AvgIpc) is 3.39. The fourth-order valence-corrected chi connectivity index (χ4v) is 3.42. The molecule has 148 valence electrons. The second kappa shape index (κ2) is 7.63. The van der Waals surface area contributed by atoms with Gasteiger partial charge in [-0.2, -0.15) is 0 Å². The highest BCUT2D eigenvalue weighted by Crippen LogP contribution is 2.33. The van der Waals surface area contributed by atoms with Crippen LogP contribution in [0.1, 0.15) is 28.8 Å². The number of nitrogens with zero attached hydrogens (tertiary/aromatic N) is 4. The van der Waals surface area contributed by atoms with Crippen molar-refractivity contribution in [1.82, 2.24) is 14.5 Å². The first kappa shape index (κ1) is 19.1. The summed E-state index contributed by atoms with van der Waals surface area (Å²) in [4.78, 5) is 29.6. The van der Waals surface area contributed by atoms with Gasteiger partial charge in [0.25, 0.3) is 11.6 Å². The molecule has 0 bridgehead atoms. The lowest BCUT2D eigenvalue weighted by Crippen LogP contribution is -2.33. The molecule has 0 spiro atoms. The molecule has 7 nitrogen and oxygen atoms in total. The van der Waals surface area contributed by atoms with Crippen LogP contribution in [0.3, 0.4) is 0 Å². The third-order valence-corrected chi connectivity index (χ3v) is 5.19. The summed E-state index contributed by atoms with van der Waals surface area (Å²) in [6, 6.07) is 8.61. The van der Waals surface area contributed by atoms with Gasteiger partial charge in [-0.15, -0.1) is 0 Å². The zero-order valence-electron chi connectivity index (χ0n) is 15.2. The van der Waals surface area contributed by atoms with Gasteiger partial charge in [0.05, 0.1) is 17.8 Å². The number of hydrogen-bond donors (Lipinski definition) is 0. The van der Waals surface area contributed by atoms with Gasteiger partial charge in [0.15, 0.2) is 0 Å². The van der Waals surface area contributed by atoms with Crippen molar-refractivity contribution in [1.29, 1.82) is 0 Å². The first-order chi connectivity index (χ1) is 14.0. The van der Waals surface area contributed by atoms with Gasteiger partial charge < -0.3 is 9.47 Å². The van der Waals surface area contributed by atoms with Gasteiger partial charge in [-0.25, -0.2) is 9.37 Å². The molecule has 1 heterocycles. The maximum Gasteiger partial charge on any atom is 0.294 e. The second-order valence-electron chi connectivity index (χ2n) is 6.79. The Bertz CT molecular complexity index is 1060. The molecule has 0 N–H and O–H groups in total. The van der Waals surface area contributed by atoms with E-state index in [0.717, 1.165) is 12.8 Å². The molecule has 3 aromatic rings. The fraction of sp³-hybridized carbons (Fsp3) is 0.200. The van der Waals surface area contributed by atoms with Crippen LogP contribution in [0.5, 0.6) is 0 Å². The van der Waals surface area contributed by atoms with Crippen molar-refractivity contribution in [3.63, 3.8) is 0 Å². The summed E-state index contributed by atoms with van der Waals surface area (Å²) in [5, 5.41) is 11.8. The summed E-state index contributed by atoms with van der Waals surface area (Å²) in [5.74, 6) is -0.885. The van der Waals surface area contributed by atoms with Crippen molar-refractivity contribution in [3.05, 3.63) is 87.2 Å². The van der Waals surface area contributed by atoms with E-state index >= 15 is 0 Å². The molecule has 1 saturated carbocycles. The van der Waals surface area contributed by atoms with Crippen molar-refractivity contribution in [3.8, 4) is 5.69 Å². The lowest BCUT2D eigenvalue weighted by molar-refractivity contribution is -0.384. The summed E-state index contributed by atoms with van der Waals surface area (Å²) in [5.41, 5.74) is 0.492. The number of benzene rings is 2. The van der Waals surface area contributed by atoms with Crippen LogP contribution in [0.4, 0.5) is 10.1 Å². The summed E-state index contributed by atoms with van der Waals surface area (Å²) in [6.45, 7) is 0.00603. The van der Waals surface area contributed by atoms with E-state index < -0.39 is 16.6 Å². The van der Waals surface area contributed by atoms with Crippen molar-refractivity contribution >= 4 is 23.2 Å². The van der Waals surface area contributed by atoms with E-state index in [4.69, 9.17) is 11.6 Å². The molecule has 9 heteroatoms. The van der Waals surface area contributed by atoms with Crippen molar-refractivity contribution in [2.75, 3.05) is 0 Å². The minimum atomic E-state index is -0.540. The molecule has 0 atom stereocenters. The summed E-state index contributed by atoms with van der Waals surface area (Å²) in [7, 11) is 0. The minimum Gasteiger partial charge on any atom is -0.331 e. The van der Waals surface area contributed by atoms with E-state index in [0.29, 0.717) is 5.69 Å². The molecule has 1 aromatic heterocycles. The molecular formula is C20H16ClFN4O3. The van der Waals surface area contributed by atoms with Crippen LogP contribution in [0.15, 0.2) is 55.1 Å². The van der Waals surface area contributed by atoms with E-state index in [1.54, 1.807) is 12.3 Å². The SMILES string of the molecule is O=C(c1ccc(-n2ccnc2)c([N+](=O)[O-])c1)N(Cc1c(F)cccc1Cl)C1CC1. The van der Waals surface area contributed by atoms with Crippen molar-refractivity contribution in [2.24, 2.45) is 0 Å².